The summed E-state index contributed by atoms with van der Waals surface area (Å²) in [7, 11) is 0. The van der Waals surface area contributed by atoms with E-state index in [0.717, 1.165) is 32.1 Å². The Morgan fingerprint density at radius 2 is 1.87 bits per heavy atom. The Bertz CT molecular complexity index is 923. The van der Waals surface area contributed by atoms with E-state index in [1.807, 2.05) is 23.6 Å². The van der Waals surface area contributed by atoms with Crippen molar-refractivity contribution >= 4 is 45.4 Å². The Balaban J connectivity index is 1.78. The zero-order valence-electron chi connectivity index (χ0n) is 22.9. The van der Waals surface area contributed by atoms with Crippen LogP contribution >= 0.6 is 27.7 Å². The highest BCUT2D eigenvalue weighted by molar-refractivity contribution is 9.09. The minimum atomic E-state index is -0.703. The summed E-state index contributed by atoms with van der Waals surface area (Å²) in [5, 5.41) is 10.3. The number of nitrogens with zero attached hydrogens (tertiary/aromatic N) is 3. The molecule has 4 rings (SSSR count). The molecule has 3 saturated heterocycles. The third kappa shape index (κ3) is 4.89. The van der Waals surface area contributed by atoms with Crippen molar-refractivity contribution in [3.8, 4) is 0 Å². The number of aliphatic hydroxyl groups excluding tert-OH is 1. The minimum Gasteiger partial charge on any atom is -0.394 e. The molecule has 212 valence electrons. The van der Waals surface area contributed by atoms with Crippen LogP contribution in [0.1, 0.15) is 65.2 Å². The summed E-state index contributed by atoms with van der Waals surface area (Å²) in [6, 6.07) is -1.03. The monoisotopic (exact) mass is 609 g/mol. The number of aliphatic hydroxyl groups is 1. The van der Waals surface area contributed by atoms with Crippen LogP contribution in [0.4, 0.5) is 0 Å². The predicted molar refractivity (Wildman–Crippen MR) is 156 cm³/mol. The molecule has 9 heteroatoms. The minimum absolute atomic E-state index is 0.0195. The SMILES string of the molecule is C=CCN(CCC)C(=O)[C@H]1[C@H]2C(=O)N([C@@H](CC)CO)C(C(=O)N(CC=C)C3CCCCC3)C23CC(Br)[C@@H]1S3. The normalized spacial score (nSPS) is 33.2. The number of hydrogen-bond donors (Lipinski definition) is 1. The third-order valence-electron chi connectivity index (χ3n) is 9.10. The molecule has 0 aromatic rings. The van der Waals surface area contributed by atoms with Crippen LogP contribution < -0.4 is 0 Å². The van der Waals surface area contributed by atoms with E-state index in [1.165, 1.54) is 6.42 Å². The fourth-order valence-electron chi connectivity index (χ4n) is 7.47. The van der Waals surface area contributed by atoms with Crippen LogP contribution in [-0.4, -0.2) is 96.7 Å². The van der Waals surface area contributed by atoms with E-state index in [9.17, 15) is 19.5 Å². The van der Waals surface area contributed by atoms with Crippen molar-refractivity contribution < 1.29 is 19.5 Å². The van der Waals surface area contributed by atoms with Crippen LogP contribution in [0.15, 0.2) is 25.3 Å². The molecule has 38 heavy (non-hydrogen) atoms. The largest absolute Gasteiger partial charge is 0.394 e. The van der Waals surface area contributed by atoms with Gasteiger partial charge in [0.25, 0.3) is 0 Å². The van der Waals surface area contributed by atoms with E-state index in [2.05, 4.69) is 29.1 Å². The van der Waals surface area contributed by atoms with Gasteiger partial charge in [-0.3, -0.25) is 14.4 Å². The first-order chi connectivity index (χ1) is 18.3. The van der Waals surface area contributed by atoms with Crippen molar-refractivity contribution in [3.05, 3.63) is 25.3 Å². The third-order valence-corrected chi connectivity index (χ3v) is 12.3. The molecule has 0 radical (unpaired) electrons. The number of likely N-dealkylation sites (tertiary alicyclic amines) is 1. The standard InChI is InChI=1S/C29H44BrN3O4S/c1-5-14-31(15-6-2)26(35)22-23-27(36)33(19(8-4)18-34)25(29(23)17-21(30)24(22)38-29)28(37)32(16-7-3)20-12-10-9-11-13-20/h5,7,19-25,34H,1,3,6,8-18H2,2,4H3/t19-,21?,22-,23-,24-,25?,29?/m0/s1. The van der Waals surface area contributed by atoms with E-state index in [0.29, 0.717) is 32.5 Å². The number of carbonyl (C=O) groups excluding carboxylic acids is 3. The Morgan fingerprint density at radius 1 is 1.18 bits per heavy atom. The second-order valence-corrected chi connectivity index (χ2v) is 14.0. The molecule has 0 aromatic carbocycles. The molecular weight excluding hydrogens is 566 g/mol. The molecule has 4 aliphatic rings. The molecule has 3 aliphatic heterocycles. The van der Waals surface area contributed by atoms with Crippen LogP contribution in [0.5, 0.6) is 0 Å². The molecule has 3 unspecified atom stereocenters. The van der Waals surface area contributed by atoms with Gasteiger partial charge in [0.2, 0.25) is 17.7 Å². The number of alkyl halides is 1. The molecule has 7 atom stereocenters. The maximum Gasteiger partial charge on any atom is 0.247 e. The lowest BCUT2D eigenvalue weighted by molar-refractivity contribution is -0.148. The number of hydrogen-bond acceptors (Lipinski definition) is 5. The van der Waals surface area contributed by atoms with Gasteiger partial charge in [0.05, 0.1) is 29.2 Å². The van der Waals surface area contributed by atoms with Gasteiger partial charge in [-0.1, -0.05) is 61.2 Å². The van der Waals surface area contributed by atoms with Crippen molar-refractivity contribution in [3.63, 3.8) is 0 Å². The number of carbonyl (C=O) groups is 3. The van der Waals surface area contributed by atoms with E-state index in [1.54, 1.807) is 28.8 Å². The van der Waals surface area contributed by atoms with Crippen LogP contribution in [0, 0.1) is 11.8 Å². The zero-order chi connectivity index (χ0) is 27.6. The average molecular weight is 611 g/mol. The van der Waals surface area contributed by atoms with Crippen molar-refractivity contribution in [2.45, 2.75) is 98.2 Å². The molecular formula is C29H44BrN3O4S. The van der Waals surface area contributed by atoms with Crippen LogP contribution in [0.25, 0.3) is 0 Å². The lowest BCUT2D eigenvalue weighted by Gasteiger charge is -2.42. The van der Waals surface area contributed by atoms with Crippen molar-refractivity contribution in [1.82, 2.24) is 14.7 Å². The maximum atomic E-state index is 14.6. The first kappa shape index (κ1) is 29.7. The summed E-state index contributed by atoms with van der Waals surface area (Å²) >= 11 is 5.54. The number of rotatable bonds is 12. The molecule has 3 heterocycles. The van der Waals surface area contributed by atoms with Gasteiger partial charge in [0, 0.05) is 35.8 Å². The van der Waals surface area contributed by atoms with Gasteiger partial charge in [0.15, 0.2) is 0 Å². The summed E-state index contributed by atoms with van der Waals surface area (Å²) in [5.41, 5.74) is 0. The molecule has 2 bridgehead atoms. The average Bonchev–Trinajstić information content (AvgIpc) is 3.51. The van der Waals surface area contributed by atoms with Gasteiger partial charge in [0.1, 0.15) is 6.04 Å². The molecule has 7 nitrogen and oxygen atoms in total. The Hall–Kier alpha value is -1.32. The Kier molecular flexibility index (Phi) is 9.73. The first-order valence-electron chi connectivity index (χ1n) is 14.4. The van der Waals surface area contributed by atoms with Gasteiger partial charge in [-0.15, -0.1) is 24.9 Å². The van der Waals surface area contributed by atoms with E-state index < -0.39 is 28.7 Å². The van der Waals surface area contributed by atoms with Crippen molar-refractivity contribution in [2.75, 3.05) is 26.2 Å². The number of halogens is 1. The van der Waals surface area contributed by atoms with E-state index in [4.69, 9.17) is 0 Å². The van der Waals surface area contributed by atoms with Gasteiger partial charge >= 0.3 is 0 Å². The zero-order valence-corrected chi connectivity index (χ0v) is 25.3. The number of amides is 3. The highest BCUT2D eigenvalue weighted by atomic mass is 79.9. The second kappa shape index (κ2) is 12.5. The number of thioether (sulfide) groups is 1. The molecule has 3 amide bonds. The van der Waals surface area contributed by atoms with Crippen molar-refractivity contribution in [1.29, 1.82) is 0 Å². The van der Waals surface area contributed by atoms with Crippen LogP contribution in [0.3, 0.4) is 0 Å². The lowest BCUT2D eigenvalue weighted by atomic mass is 9.70. The molecule has 1 aliphatic carbocycles. The number of fused-ring (bicyclic) bond motifs is 1. The van der Waals surface area contributed by atoms with E-state index in [-0.39, 0.29) is 40.4 Å². The molecule has 4 fully saturated rings. The Labute approximate surface area is 240 Å². The fraction of sp³-hybridized carbons (Fsp3) is 0.759. The molecule has 1 saturated carbocycles. The second-order valence-electron chi connectivity index (χ2n) is 11.3. The van der Waals surface area contributed by atoms with E-state index >= 15 is 0 Å². The summed E-state index contributed by atoms with van der Waals surface area (Å²) < 4.78 is -0.698. The smallest absolute Gasteiger partial charge is 0.247 e. The van der Waals surface area contributed by atoms with Gasteiger partial charge < -0.3 is 19.8 Å². The topological polar surface area (TPSA) is 81.2 Å². The Morgan fingerprint density at radius 3 is 2.45 bits per heavy atom. The quantitative estimate of drug-likeness (QED) is 0.267. The fourth-order valence-corrected chi connectivity index (χ4v) is 11.1. The summed E-state index contributed by atoms with van der Waals surface area (Å²) in [4.78, 5) is 48.5. The summed E-state index contributed by atoms with van der Waals surface area (Å²) in [6.07, 6.45) is 10.8. The highest BCUT2D eigenvalue weighted by Crippen LogP contribution is 2.68. The summed E-state index contributed by atoms with van der Waals surface area (Å²) in [6.45, 7) is 13.0. The molecule has 0 aromatic heterocycles. The lowest BCUT2D eigenvalue weighted by Crippen LogP contribution is -2.59. The van der Waals surface area contributed by atoms with Gasteiger partial charge in [-0.25, -0.2) is 0 Å². The molecule has 1 spiro atoms. The van der Waals surface area contributed by atoms with Crippen molar-refractivity contribution in [2.24, 2.45) is 11.8 Å². The maximum absolute atomic E-state index is 14.6. The van der Waals surface area contributed by atoms with Crippen LogP contribution in [-0.2, 0) is 14.4 Å². The first-order valence-corrected chi connectivity index (χ1v) is 16.2. The summed E-state index contributed by atoms with van der Waals surface area (Å²) in [5.74, 6) is -1.29. The molecule has 1 N–H and O–H groups in total. The van der Waals surface area contributed by atoms with Gasteiger partial charge in [-0.05, 0) is 32.1 Å². The van der Waals surface area contributed by atoms with Crippen LogP contribution in [0.2, 0.25) is 0 Å². The predicted octanol–water partition coefficient (Wildman–Crippen LogP) is 3.99. The highest BCUT2D eigenvalue weighted by Gasteiger charge is 2.76. The van der Waals surface area contributed by atoms with Gasteiger partial charge in [-0.2, -0.15) is 0 Å².